The smallest absolute Gasteiger partial charge is 0.186 e. The van der Waals surface area contributed by atoms with Crippen molar-refractivity contribution >= 4 is 0 Å². The van der Waals surface area contributed by atoms with Crippen molar-refractivity contribution in [3.8, 4) is 6.07 Å². The van der Waals surface area contributed by atoms with Crippen LogP contribution in [0.25, 0.3) is 0 Å². The minimum absolute atomic E-state index is 0.307. The van der Waals surface area contributed by atoms with E-state index in [4.69, 9.17) is 14.7 Å². The van der Waals surface area contributed by atoms with E-state index in [2.05, 4.69) is 6.92 Å². The zero-order valence-electron chi connectivity index (χ0n) is 13.2. The van der Waals surface area contributed by atoms with Gasteiger partial charge in [0.2, 0.25) is 0 Å². The van der Waals surface area contributed by atoms with Crippen LogP contribution in [0.5, 0.6) is 0 Å². The minimum Gasteiger partial charge on any atom is -0.348 e. The summed E-state index contributed by atoms with van der Waals surface area (Å²) in [6, 6.07) is 6.31. The summed E-state index contributed by atoms with van der Waals surface area (Å²) in [6.45, 7) is 3.43. The molecular weight excluding hydrogens is 281 g/mol. The van der Waals surface area contributed by atoms with E-state index in [0.29, 0.717) is 30.3 Å². The Morgan fingerprint density at radius 1 is 1.18 bits per heavy atom. The summed E-state index contributed by atoms with van der Waals surface area (Å²) in [7, 11) is 0. The first-order valence-corrected chi connectivity index (χ1v) is 8.17. The summed E-state index contributed by atoms with van der Waals surface area (Å²) in [5.74, 6) is -0.0404. The monoisotopic (exact) mass is 305 g/mol. The molecule has 1 fully saturated rings. The van der Waals surface area contributed by atoms with E-state index < -0.39 is 12.1 Å². The molecule has 1 aromatic rings. The zero-order valence-corrected chi connectivity index (χ0v) is 13.2. The summed E-state index contributed by atoms with van der Waals surface area (Å²) < 4.78 is 25.3. The lowest BCUT2D eigenvalue weighted by atomic mass is 10.0. The van der Waals surface area contributed by atoms with Gasteiger partial charge in [0.15, 0.2) is 6.29 Å². The van der Waals surface area contributed by atoms with Crippen LogP contribution in [0.2, 0.25) is 0 Å². The molecular formula is C18H24FNO2. The van der Waals surface area contributed by atoms with Gasteiger partial charge in [-0.2, -0.15) is 5.26 Å². The maximum Gasteiger partial charge on any atom is 0.186 e. The van der Waals surface area contributed by atoms with Crippen LogP contribution < -0.4 is 0 Å². The molecule has 0 atom stereocenters. The standard InChI is InChI=1S/C18H24FNO2/c1-2-3-4-5-6-7-15-12-21-18(22-13-15)16-9-8-14(11-20)10-17(16)19/h8-10,15,18H,2-7,12-13H2,1H3. The zero-order chi connectivity index (χ0) is 15.8. The third-order valence-corrected chi connectivity index (χ3v) is 4.07. The van der Waals surface area contributed by atoms with Crippen molar-refractivity contribution < 1.29 is 13.9 Å². The highest BCUT2D eigenvalue weighted by molar-refractivity contribution is 5.33. The number of benzene rings is 1. The van der Waals surface area contributed by atoms with Crippen molar-refractivity contribution in [2.75, 3.05) is 13.2 Å². The molecule has 1 heterocycles. The number of unbranched alkanes of at least 4 members (excludes halogenated alkanes) is 4. The quantitative estimate of drug-likeness (QED) is 0.684. The molecule has 0 bridgehead atoms. The van der Waals surface area contributed by atoms with Gasteiger partial charge in [-0.3, -0.25) is 0 Å². The number of hydrogen-bond acceptors (Lipinski definition) is 3. The number of ether oxygens (including phenoxy) is 2. The normalized spacial score (nSPS) is 21.5. The van der Waals surface area contributed by atoms with E-state index in [1.165, 1.54) is 38.2 Å². The molecule has 22 heavy (non-hydrogen) atoms. The van der Waals surface area contributed by atoms with Gasteiger partial charge in [-0.1, -0.05) is 39.0 Å². The molecule has 0 spiro atoms. The average Bonchev–Trinajstić information content (AvgIpc) is 2.55. The van der Waals surface area contributed by atoms with E-state index in [-0.39, 0.29) is 0 Å². The van der Waals surface area contributed by atoms with Gasteiger partial charge in [-0.05, 0) is 24.6 Å². The van der Waals surface area contributed by atoms with Crippen molar-refractivity contribution in [1.29, 1.82) is 5.26 Å². The van der Waals surface area contributed by atoms with Crippen molar-refractivity contribution in [3.05, 3.63) is 35.1 Å². The highest BCUT2D eigenvalue weighted by Gasteiger charge is 2.25. The highest BCUT2D eigenvalue weighted by atomic mass is 19.1. The molecule has 0 saturated carbocycles. The summed E-state index contributed by atoms with van der Waals surface area (Å²) >= 11 is 0. The Morgan fingerprint density at radius 2 is 1.91 bits per heavy atom. The summed E-state index contributed by atoms with van der Waals surface area (Å²) in [4.78, 5) is 0. The van der Waals surface area contributed by atoms with Gasteiger partial charge in [0.1, 0.15) is 5.82 Å². The number of rotatable bonds is 7. The van der Waals surface area contributed by atoms with Gasteiger partial charge in [0.05, 0.1) is 24.8 Å². The summed E-state index contributed by atoms with van der Waals surface area (Å²) in [6.07, 6.45) is 6.77. The third-order valence-electron chi connectivity index (χ3n) is 4.07. The predicted molar refractivity (Wildman–Crippen MR) is 82.6 cm³/mol. The van der Waals surface area contributed by atoms with Crippen molar-refractivity contribution in [2.45, 2.75) is 51.7 Å². The fourth-order valence-corrected chi connectivity index (χ4v) is 2.71. The van der Waals surface area contributed by atoms with Crippen molar-refractivity contribution in [3.63, 3.8) is 0 Å². The molecule has 120 valence electrons. The molecule has 0 unspecified atom stereocenters. The van der Waals surface area contributed by atoms with Gasteiger partial charge in [-0.25, -0.2) is 4.39 Å². The van der Waals surface area contributed by atoms with Crippen LogP contribution in [0.1, 0.15) is 62.9 Å². The largest absolute Gasteiger partial charge is 0.348 e. The Hall–Kier alpha value is -1.44. The van der Waals surface area contributed by atoms with Crippen LogP contribution in [0.4, 0.5) is 4.39 Å². The molecule has 0 amide bonds. The lowest BCUT2D eigenvalue weighted by molar-refractivity contribution is -0.207. The van der Waals surface area contributed by atoms with Crippen LogP contribution in [0.15, 0.2) is 18.2 Å². The van der Waals surface area contributed by atoms with Crippen molar-refractivity contribution in [1.82, 2.24) is 0 Å². The molecule has 2 rings (SSSR count). The van der Waals surface area contributed by atoms with Crippen LogP contribution >= 0.6 is 0 Å². The van der Waals surface area contributed by atoms with Crippen LogP contribution in [-0.2, 0) is 9.47 Å². The van der Waals surface area contributed by atoms with Gasteiger partial charge < -0.3 is 9.47 Å². The molecule has 1 saturated heterocycles. The predicted octanol–water partition coefficient (Wildman–Crippen LogP) is 4.72. The minimum atomic E-state index is -0.649. The number of nitrogens with zero attached hydrogens (tertiary/aromatic N) is 1. The van der Waals surface area contributed by atoms with Crippen LogP contribution in [0, 0.1) is 23.1 Å². The second-order valence-electron chi connectivity index (χ2n) is 5.92. The molecule has 1 aliphatic rings. The van der Waals surface area contributed by atoms with Crippen molar-refractivity contribution in [2.24, 2.45) is 5.92 Å². The van der Waals surface area contributed by atoms with E-state index in [0.717, 1.165) is 6.42 Å². The van der Waals surface area contributed by atoms with E-state index in [1.54, 1.807) is 12.1 Å². The average molecular weight is 305 g/mol. The lowest BCUT2D eigenvalue weighted by Crippen LogP contribution is -2.27. The second kappa shape index (κ2) is 8.87. The number of hydrogen-bond donors (Lipinski definition) is 0. The van der Waals surface area contributed by atoms with E-state index in [9.17, 15) is 4.39 Å². The summed E-state index contributed by atoms with van der Waals surface area (Å²) in [5.41, 5.74) is 0.683. The first-order valence-electron chi connectivity index (χ1n) is 8.17. The van der Waals surface area contributed by atoms with Gasteiger partial charge in [0, 0.05) is 11.5 Å². The molecule has 0 N–H and O–H groups in total. The van der Waals surface area contributed by atoms with Crippen LogP contribution in [0.3, 0.4) is 0 Å². The summed E-state index contributed by atoms with van der Waals surface area (Å²) in [5, 5.41) is 8.76. The maximum absolute atomic E-state index is 13.9. The fourth-order valence-electron chi connectivity index (χ4n) is 2.71. The molecule has 4 heteroatoms. The lowest BCUT2D eigenvalue weighted by Gasteiger charge is -2.29. The maximum atomic E-state index is 13.9. The molecule has 1 aromatic carbocycles. The van der Waals surface area contributed by atoms with Gasteiger partial charge in [-0.15, -0.1) is 0 Å². The molecule has 3 nitrogen and oxygen atoms in total. The van der Waals surface area contributed by atoms with E-state index in [1.807, 2.05) is 6.07 Å². The Balaban J connectivity index is 1.76. The first kappa shape index (κ1) is 16.9. The third kappa shape index (κ3) is 4.79. The van der Waals surface area contributed by atoms with Gasteiger partial charge in [0.25, 0.3) is 0 Å². The number of halogens is 1. The molecule has 1 aliphatic heterocycles. The molecule has 0 aromatic heterocycles. The van der Waals surface area contributed by atoms with Crippen LogP contribution in [-0.4, -0.2) is 13.2 Å². The Bertz CT molecular complexity index is 504. The first-order chi connectivity index (χ1) is 10.7. The number of nitriles is 1. The molecule has 0 radical (unpaired) electrons. The fraction of sp³-hybridized carbons (Fsp3) is 0.611. The topological polar surface area (TPSA) is 42.2 Å². The van der Waals surface area contributed by atoms with Gasteiger partial charge >= 0.3 is 0 Å². The SMILES string of the molecule is CCCCCCCC1COC(c2ccc(C#N)cc2F)OC1. The Morgan fingerprint density at radius 3 is 2.55 bits per heavy atom. The highest BCUT2D eigenvalue weighted by Crippen LogP contribution is 2.29. The second-order valence-corrected chi connectivity index (χ2v) is 5.92. The Kier molecular flexibility index (Phi) is 6.82. The van der Waals surface area contributed by atoms with E-state index >= 15 is 0 Å². The molecule has 0 aliphatic carbocycles. The Labute approximate surface area is 132 Å².